The molecule has 1 aromatic carbocycles. The van der Waals surface area contributed by atoms with Gasteiger partial charge in [-0.25, -0.2) is 0 Å². The molecular formula is C13H16NO3Zn. The zero-order valence-corrected chi connectivity index (χ0v) is 13.8. The van der Waals surface area contributed by atoms with Gasteiger partial charge in [0.1, 0.15) is 0 Å². The average molecular weight is 300 g/mol. The Bertz CT molecular complexity index is 450. The summed E-state index contributed by atoms with van der Waals surface area (Å²) in [6.07, 6.45) is 0.707. The second-order valence-electron chi connectivity index (χ2n) is 4.52. The molecule has 1 aliphatic heterocycles. The van der Waals surface area contributed by atoms with Gasteiger partial charge in [-0.1, -0.05) is 0 Å². The first-order valence-corrected chi connectivity index (χ1v) is 7.67. The van der Waals surface area contributed by atoms with Crippen LogP contribution in [-0.4, -0.2) is 31.6 Å². The fourth-order valence-electron chi connectivity index (χ4n) is 2.19. The van der Waals surface area contributed by atoms with E-state index in [4.69, 9.17) is 9.47 Å². The van der Waals surface area contributed by atoms with Gasteiger partial charge in [0.05, 0.1) is 0 Å². The molecule has 1 saturated heterocycles. The van der Waals surface area contributed by atoms with E-state index < -0.39 is 0 Å². The molecule has 5 heteroatoms. The van der Waals surface area contributed by atoms with Gasteiger partial charge in [0.2, 0.25) is 0 Å². The summed E-state index contributed by atoms with van der Waals surface area (Å²) < 4.78 is 11.1. The molecule has 0 aliphatic carbocycles. The molecule has 1 unspecified atom stereocenters. The molecule has 93 valence electrons. The van der Waals surface area contributed by atoms with Crippen LogP contribution in [-0.2, 0) is 29.6 Å². The number of nitrogens with zero attached hydrogens (tertiary/aromatic N) is 1. The Morgan fingerprint density at radius 1 is 1.39 bits per heavy atom. The summed E-state index contributed by atoms with van der Waals surface area (Å²) in [5.74, 6) is 1.80. The first-order chi connectivity index (χ1) is 8.63. The number of hydrogen-bond donors (Lipinski definition) is 0. The van der Waals surface area contributed by atoms with Gasteiger partial charge in [-0.2, -0.15) is 0 Å². The zero-order valence-electron chi connectivity index (χ0n) is 10.8. The predicted molar refractivity (Wildman–Crippen MR) is 63.3 cm³/mol. The van der Waals surface area contributed by atoms with Crippen molar-refractivity contribution < 1.29 is 32.6 Å². The number of carbonyl (C=O) groups excluding carboxylic acids is 1. The van der Waals surface area contributed by atoms with E-state index in [0.717, 1.165) is 23.6 Å². The van der Waals surface area contributed by atoms with Crippen molar-refractivity contribution in [1.29, 1.82) is 0 Å². The van der Waals surface area contributed by atoms with E-state index in [2.05, 4.69) is 0 Å². The van der Waals surface area contributed by atoms with E-state index in [0.29, 0.717) is 17.5 Å². The van der Waals surface area contributed by atoms with Gasteiger partial charge in [-0.3, -0.25) is 0 Å². The van der Waals surface area contributed by atoms with E-state index in [-0.39, 0.29) is 5.91 Å². The van der Waals surface area contributed by atoms with Crippen LogP contribution in [0.5, 0.6) is 11.5 Å². The zero-order chi connectivity index (χ0) is 13.1. The summed E-state index contributed by atoms with van der Waals surface area (Å²) in [7, 11) is 3.27. The van der Waals surface area contributed by atoms with Crippen LogP contribution in [0, 0.1) is 0 Å². The van der Waals surface area contributed by atoms with E-state index >= 15 is 0 Å². The molecule has 1 atom stereocenters. The number of benzene rings is 1. The quantitative estimate of drug-likeness (QED) is 0.796. The van der Waals surface area contributed by atoms with Crippen LogP contribution >= 0.6 is 0 Å². The number of rotatable bonds is 4. The number of amides is 1. The third-order valence-electron chi connectivity index (χ3n) is 3.15. The summed E-state index contributed by atoms with van der Waals surface area (Å²) >= 11 is 1.18. The number of ether oxygens (including phenoxy) is 2. The Hall–Kier alpha value is -1.09. The van der Waals surface area contributed by atoms with Crippen LogP contribution in [0.15, 0.2) is 18.2 Å². The molecule has 1 aromatic rings. The molecule has 0 aromatic heterocycles. The third-order valence-corrected chi connectivity index (χ3v) is 4.30. The van der Waals surface area contributed by atoms with Crippen molar-refractivity contribution in [3.8, 4) is 11.5 Å². The van der Waals surface area contributed by atoms with Gasteiger partial charge in [-0.15, -0.1) is 0 Å². The maximum absolute atomic E-state index is 11.8. The summed E-state index contributed by atoms with van der Waals surface area (Å²) in [4.78, 5) is 13.7. The van der Waals surface area contributed by atoms with Gasteiger partial charge in [0, 0.05) is 0 Å². The number of hydrogen-bond acceptors (Lipinski definition) is 3. The van der Waals surface area contributed by atoms with Crippen LogP contribution in [0.25, 0.3) is 0 Å². The fourth-order valence-corrected chi connectivity index (χ4v) is 3.37. The van der Waals surface area contributed by atoms with E-state index in [1.165, 1.54) is 18.3 Å². The molecule has 1 amide bonds. The van der Waals surface area contributed by atoms with Crippen molar-refractivity contribution in [3.63, 3.8) is 0 Å². The van der Waals surface area contributed by atoms with Crippen LogP contribution in [0.1, 0.15) is 12.0 Å². The Kier molecular flexibility index (Phi) is 4.23. The summed E-state index contributed by atoms with van der Waals surface area (Å²) in [5.41, 5.74) is 1.03. The Morgan fingerprint density at radius 3 is 2.72 bits per heavy atom. The molecule has 0 radical (unpaired) electrons. The normalized spacial score (nSPS) is 19.2. The SMILES string of the molecule is COc1ccc(CN2C[CH]([Zn])CC2=O)c(OC)c1. The first-order valence-electron chi connectivity index (χ1n) is 5.95. The molecule has 0 N–H and O–H groups in total. The Balaban J connectivity index is 2.16. The van der Waals surface area contributed by atoms with Crippen molar-refractivity contribution in [2.45, 2.75) is 17.5 Å². The van der Waals surface area contributed by atoms with Crippen LogP contribution in [0.2, 0.25) is 4.51 Å². The third kappa shape index (κ3) is 2.83. The minimum atomic E-state index is 0.254. The van der Waals surface area contributed by atoms with E-state index in [1.807, 2.05) is 23.1 Å². The Morgan fingerprint density at radius 2 is 2.17 bits per heavy atom. The van der Waals surface area contributed by atoms with Gasteiger partial charge >= 0.3 is 117 Å². The molecule has 4 nitrogen and oxygen atoms in total. The summed E-state index contributed by atoms with van der Waals surface area (Å²) in [6, 6.07) is 5.72. The van der Waals surface area contributed by atoms with E-state index in [1.54, 1.807) is 14.2 Å². The number of methoxy groups -OCH3 is 2. The van der Waals surface area contributed by atoms with Crippen molar-refractivity contribution in [2.24, 2.45) is 0 Å². The second-order valence-corrected chi connectivity index (χ2v) is 6.94. The second kappa shape index (κ2) is 5.70. The van der Waals surface area contributed by atoms with Crippen molar-refractivity contribution >= 4 is 5.91 Å². The van der Waals surface area contributed by atoms with Crippen molar-refractivity contribution in [2.75, 3.05) is 20.8 Å². The predicted octanol–water partition coefficient (Wildman–Crippen LogP) is 1.77. The van der Waals surface area contributed by atoms with Crippen LogP contribution in [0.3, 0.4) is 0 Å². The number of carbonyl (C=O) groups is 1. The molecule has 0 spiro atoms. The molecule has 1 fully saturated rings. The molecule has 1 aliphatic rings. The van der Waals surface area contributed by atoms with Crippen molar-refractivity contribution in [1.82, 2.24) is 4.90 Å². The van der Waals surface area contributed by atoms with Gasteiger partial charge in [0.25, 0.3) is 0 Å². The monoisotopic (exact) mass is 298 g/mol. The van der Waals surface area contributed by atoms with Crippen LogP contribution in [0.4, 0.5) is 0 Å². The molecule has 1 heterocycles. The molecule has 18 heavy (non-hydrogen) atoms. The topological polar surface area (TPSA) is 38.8 Å². The van der Waals surface area contributed by atoms with Crippen LogP contribution < -0.4 is 9.47 Å². The molecule has 0 saturated carbocycles. The maximum atomic E-state index is 11.8. The van der Waals surface area contributed by atoms with Gasteiger partial charge < -0.3 is 0 Å². The number of likely N-dealkylation sites (tertiary alicyclic amines) is 1. The molecule has 0 bridgehead atoms. The van der Waals surface area contributed by atoms with Gasteiger partial charge in [0.15, 0.2) is 0 Å². The average Bonchev–Trinajstić information content (AvgIpc) is 2.68. The molecular weight excluding hydrogens is 284 g/mol. The fraction of sp³-hybridized carbons (Fsp3) is 0.462. The summed E-state index contributed by atoms with van der Waals surface area (Å²) in [5, 5.41) is 0. The van der Waals surface area contributed by atoms with Gasteiger partial charge in [-0.05, 0) is 0 Å². The summed E-state index contributed by atoms with van der Waals surface area (Å²) in [6.45, 7) is 1.51. The van der Waals surface area contributed by atoms with E-state index in [9.17, 15) is 4.79 Å². The first kappa shape index (κ1) is 13.3. The molecule has 2 rings (SSSR count). The van der Waals surface area contributed by atoms with Crippen molar-refractivity contribution in [3.05, 3.63) is 23.8 Å². The Labute approximate surface area is 117 Å². The minimum absolute atomic E-state index is 0.254. The standard InChI is InChI=1S/C13H16NO3.Zn/c1-16-11-6-5-10(12(8-11)17-2)9-14-7-3-4-13(14)15;/h3,5-6,8H,4,7,9H2,1-2H3;.